The Labute approximate surface area is 341 Å². The van der Waals surface area contributed by atoms with Gasteiger partial charge in [0.2, 0.25) is 0 Å². The molecular weight excluding hydrogens is 653 g/mol. The molecule has 0 aromatic rings. The highest BCUT2D eigenvalue weighted by Gasteiger charge is 2.20. The summed E-state index contributed by atoms with van der Waals surface area (Å²) in [6.45, 7) is 21.2. The highest BCUT2D eigenvalue weighted by molar-refractivity contribution is 5.05. The maximum atomic E-state index is 4.22. The number of rotatable bonds is 41. The lowest BCUT2D eigenvalue weighted by molar-refractivity contribution is 0.217. The number of nitrogens with zero attached hydrogens (tertiary/aromatic N) is 2. The van der Waals surface area contributed by atoms with E-state index in [4.69, 9.17) is 0 Å². The average Bonchev–Trinajstić information content (AvgIpc) is 3.18. The minimum Gasteiger partial charge on any atom is -0.355 e. The van der Waals surface area contributed by atoms with Crippen molar-refractivity contribution in [2.45, 2.75) is 247 Å². The van der Waals surface area contributed by atoms with Gasteiger partial charge < -0.3 is 9.80 Å². The molecule has 2 heteroatoms. The first-order valence-electron chi connectivity index (χ1n) is 24.8. The first-order chi connectivity index (χ1) is 26.5. The Bertz CT molecular complexity index is 868. The third-order valence-electron chi connectivity index (χ3n) is 12.6. The van der Waals surface area contributed by atoms with E-state index in [0.717, 1.165) is 24.8 Å². The Morgan fingerprint density at radius 3 is 1.48 bits per heavy atom. The molecule has 2 nitrogen and oxygen atoms in total. The summed E-state index contributed by atoms with van der Waals surface area (Å²) in [5.74, 6) is 2.29. The van der Waals surface area contributed by atoms with Gasteiger partial charge in [0.05, 0.1) is 0 Å². The van der Waals surface area contributed by atoms with Gasteiger partial charge in [0, 0.05) is 13.1 Å². The van der Waals surface area contributed by atoms with Gasteiger partial charge in [-0.05, 0) is 100 Å². The lowest BCUT2D eigenvalue weighted by atomic mass is 9.79. The van der Waals surface area contributed by atoms with E-state index in [0.29, 0.717) is 5.92 Å². The van der Waals surface area contributed by atoms with E-state index < -0.39 is 0 Å². The largest absolute Gasteiger partial charge is 0.355 e. The standard InChI is InChI=1S/C52H98N2/c1-7-11-14-17-20-21-22-23-25-31-39-49(5)48-54(47-38-46-53-43-36-30-37-44-53)45-35-29-24-28-32-40-51(10-4)50(6)52(41-33-26-18-15-12-8-2)42-34-27-19-16-13-9-3/h36-37,43-44,49-50,52H,4,7-9,11-35,38-42,45-48H2,1-3,5-6H3. The normalized spacial score (nSPS) is 14.0. The van der Waals surface area contributed by atoms with Crippen LogP contribution in [-0.2, 0) is 0 Å². The van der Waals surface area contributed by atoms with Crippen LogP contribution in [-0.4, -0.2) is 36.0 Å². The molecule has 0 aromatic heterocycles. The highest BCUT2D eigenvalue weighted by Crippen LogP contribution is 2.32. The van der Waals surface area contributed by atoms with Gasteiger partial charge in [-0.2, -0.15) is 0 Å². The second kappa shape index (κ2) is 38.6. The molecule has 0 aromatic carbocycles. The summed E-state index contributed by atoms with van der Waals surface area (Å²) in [6, 6.07) is 0. The van der Waals surface area contributed by atoms with Gasteiger partial charge in [-0.1, -0.05) is 214 Å². The molecule has 0 N–H and O–H groups in total. The van der Waals surface area contributed by atoms with Crippen molar-refractivity contribution in [3.05, 3.63) is 42.4 Å². The van der Waals surface area contributed by atoms with Crippen molar-refractivity contribution >= 4 is 0 Å². The second-order valence-corrected chi connectivity index (χ2v) is 17.9. The first kappa shape index (κ1) is 50.8. The Morgan fingerprint density at radius 1 is 0.556 bits per heavy atom. The van der Waals surface area contributed by atoms with Gasteiger partial charge in [-0.15, -0.1) is 5.73 Å². The molecule has 316 valence electrons. The molecule has 0 bridgehead atoms. The third kappa shape index (κ3) is 30.0. The van der Waals surface area contributed by atoms with E-state index in [2.05, 4.69) is 81.3 Å². The van der Waals surface area contributed by atoms with E-state index in [1.165, 1.54) is 231 Å². The molecule has 1 aliphatic rings. The van der Waals surface area contributed by atoms with Crippen LogP contribution in [0.2, 0.25) is 0 Å². The van der Waals surface area contributed by atoms with E-state index in [1.54, 1.807) is 0 Å². The van der Waals surface area contributed by atoms with E-state index in [9.17, 15) is 0 Å². The molecule has 1 heterocycles. The summed E-state index contributed by atoms with van der Waals surface area (Å²) in [7, 11) is 0. The number of allylic oxidation sites excluding steroid dienone is 3. The highest BCUT2D eigenvalue weighted by atomic mass is 15.1. The number of unbranched alkanes of at least 4 members (excludes halogenated alkanes) is 23. The Hall–Kier alpha value is -1.24. The quantitative estimate of drug-likeness (QED) is 0.0453. The summed E-state index contributed by atoms with van der Waals surface area (Å²) in [4.78, 5) is 5.21. The monoisotopic (exact) mass is 751 g/mol. The lowest BCUT2D eigenvalue weighted by Crippen LogP contribution is -2.32. The lowest BCUT2D eigenvalue weighted by Gasteiger charge is -2.27. The maximum Gasteiger partial charge on any atom is 0.0231 e. The molecule has 0 amide bonds. The SMILES string of the molecule is C=C=C(CCCCCCCN(CCCN1C=CCC=C1)CC(C)CCCCCCCCCCCC)C(C)C(CCCCCCCC)CCCCCCCC. The smallest absolute Gasteiger partial charge is 0.0231 e. The van der Waals surface area contributed by atoms with E-state index in [-0.39, 0.29) is 0 Å². The Morgan fingerprint density at radius 2 is 0.981 bits per heavy atom. The van der Waals surface area contributed by atoms with Gasteiger partial charge in [-0.25, -0.2) is 0 Å². The molecule has 0 saturated carbocycles. The van der Waals surface area contributed by atoms with Gasteiger partial charge in [0.1, 0.15) is 0 Å². The molecule has 0 fully saturated rings. The Kier molecular flexibility index (Phi) is 36.3. The van der Waals surface area contributed by atoms with Crippen molar-refractivity contribution in [3.8, 4) is 0 Å². The molecule has 1 aliphatic heterocycles. The fourth-order valence-corrected chi connectivity index (χ4v) is 8.91. The summed E-state index contributed by atoms with van der Waals surface area (Å²) < 4.78 is 0. The molecule has 1 rings (SSSR count). The summed E-state index contributed by atoms with van der Waals surface area (Å²) in [5, 5.41) is 0. The molecule has 0 saturated heterocycles. The minimum absolute atomic E-state index is 0.653. The fourth-order valence-electron chi connectivity index (χ4n) is 8.91. The third-order valence-corrected chi connectivity index (χ3v) is 12.6. The zero-order valence-electron chi connectivity index (χ0n) is 37.8. The van der Waals surface area contributed by atoms with Crippen LogP contribution in [0.4, 0.5) is 0 Å². The van der Waals surface area contributed by atoms with E-state index in [1.807, 2.05) is 0 Å². The molecule has 0 radical (unpaired) electrons. The van der Waals surface area contributed by atoms with Crippen LogP contribution in [0.25, 0.3) is 0 Å². The van der Waals surface area contributed by atoms with Crippen molar-refractivity contribution < 1.29 is 0 Å². The molecule has 0 aliphatic carbocycles. The van der Waals surface area contributed by atoms with Crippen LogP contribution in [0.15, 0.2) is 42.4 Å². The minimum atomic E-state index is 0.653. The van der Waals surface area contributed by atoms with Crippen LogP contribution in [0.3, 0.4) is 0 Å². The van der Waals surface area contributed by atoms with Crippen molar-refractivity contribution in [3.63, 3.8) is 0 Å². The van der Waals surface area contributed by atoms with Crippen LogP contribution < -0.4 is 0 Å². The molecule has 2 unspecified atom stereocenters. The second-order valence-electron chi connectivity index (χ2n) is 17.9. The van der Waals surface area contributed by atoms with Crippen molar-refractivity contribution in [2.24, 2.45) is 17.8 Å². The number of hydrogen-bond acceptors (Lipinski definition) is 2. The number of hydrogen-bond donors (Lipinski definition) is 0. The van der Waals surface area contributed by atoms with Gasteiger partial charge >= 0.3 is 0 Å². The van der Waals surface area contributed by atoms with Crippen LogP contribution in [0.5, 0.6) is 0 Å². The average molecular weight is 751 g/mol. The van der Waals surface area contributed by atoms with E-state index >= 15 is 0 Å². The fraction of sp³-hybridized carbons (Fsp3) is 0.865. The van der Waals surface area contributed by atoms with Gasteiger partial charge in [0.15, 0.2) is 0 Å². The van der Waals surface area contributed by atoms with Crippen LogP contribution in [0.1, 0.15) is 247 Å². The summed E-state index contributed by atoms with van der Waals surface area (Å²) in [5.41, 5.74) is 5.02. The zero-order chi connectivity index (χ0) is 39.2. The zero-order valence-corrected chi connectivity index (χ0v) is 37.8. The summed E-state index contributed by atoms with van der Waals surface area (Å²) in [6.07, 6.45) is 55.0. The molecule has 54 heavy (non-hydrogen) atoms. The van der Waals surface area contributed by atoms with Gasteiger partial charge in [-0.3, -0.25) is 0 Å². The first-order valence-corrected chi connectivity index (χ1v) is 24.8. The maximum absolute atomic E-state index is 4.22. The van der Waals surface area contributed by atoms with Crippen molar-refractivity contribution in [2.75, 3.05) is 26.2 Å². The van der Waals surface area contributed by atoms with Crippen LogP contribution in [0, 0.1) is 17.8 Å². The van der Waals surface area contributed by atoms with Crippen molar-refractivity contribution in [1.29, 1.82) is 0 Å². The van der Waals surface area contributed by atoms with Crippen LogP contribution >= 0.6 is 0 Å². The summed E-state index contributed by atoms with van der Waals surface area (Å²) >= 11 is 0. The molecule has 0 spiro atoms. The van der Waals surface area contributed by atoms with Gasteiger partial charge in [0.25, 0.3) is 0 Å². The molecular formula is C52H98N2. The molecule has 2 atom stereocenters. The van der Waals surface area contributed by atoms with Crippen molar-refractivity contribution in [1.82, 2.24) is 9.80 Å². The predicted molar refractivity (Wildman–Crippen MR) is 245 cm³/mol. The topological polar surface area (TPSA) is 6.48 Å². The predicted octanol–water partition coefficient (Wildman–Crippen LogP) is 17.2. The Balaban J connectivity index is 2.44.